The molecule has 0 radical (unpaired) electrons. The summed E-state index contributed by atoms with van der Waals surface area (Å²) in [5.74, 6) is -0.0912. The van der Waals surface area contributed by atoms with E-state index in [1.807, 2.05) is 21.2 Å². The summed E-state index contributed by atoms with van der Waals surface area (Å²) in [6, 6.07) is 6.82. The van der Waals surface area contributed by atoms with Gasteiger partial charge in [-0.25, -0.2) is 9.37 Å². The van der Waals surface area contributed by atoms with E-state index in [-0.39, 0.29) is 11.7 Å². The molecule has 2 fully saturated rings. The molecule has 7 heteroatoms. The Balaban J connectivity index is 1.28. The van der Waals surface area contributed by atoms with Crippen LogP contribution >= 0.6 is 11.3 Å². The molecule has 2 aliphatic heterocycles. The molecule has 2 saturated heterocycles. The molecule has 1 aromatic carbocycles. The lowest BCUT2D eigenvalue weighted by molar-refractivity contribution is -0.130. The summed E-state index contributed by atoms with van der Waals surface area (Å²) in [5.41, 5.74) is 1.49. The molecule has 27 heavy (non-hydrogen) atoms. The lowest BCUT2D eigenvalue weighted by Crippen LogP contribution is -2.49. The van der Waals surface area contributed by atoms with Gasteiger partial charge in [-0.3, -0.25) is 9.69 Å². The Morgan fingerprint density at radius 2 is 1.81 bits per heavy atom. The highest BCUT2D eigenvalue weighted by Gasteiger charge is 2.23. The van der Waals surface area contributed by atoms with Gasteiger partial charge in [0.2, 0.25) is 5.91 Å². The summed E-state index contributed by atoms with van der Waals surface area (Å²) in [6.07, 6.45) is 2.90. The van der Waals surface area contributed by atoms with Crippen LogP contribution in [-0.2, 0) is 17.8 Å². The van der Waals surface area contributed by atoms with Crippen molar-refractivity contribution in [1.29, 1.82) is 0 Å². The van der Waals surface area contributed by atoms with E-state index >= 15 is 0 Å². The lowest BCUT2D eigenvalue weighted by Gasteiger charge is -2.36. The number of piperazine rings is 1. The number of halogens is 1. The first-order valence-corrected chi connectivity index (χ1v) is 10.5. The highest BCUT2D eigenvalue weighted by Crippen LogP contribution is 2.21. The number of benzene rings is 1. The summed E-state index contributed by atoms with van der Waals surface area (Å²) in [5, 5.41) is 3.11. The fraction of sp³-hybridized carbons (Fsp3) is 0.500. The standard InChI is InChI=1S/C20H25FN4OS/c21-17-5-1-2-6-18(17)24-9-11-25(12-10-24)20(26)13-16-15-27-19(22-16)14-23-7-3-4-8-23/h1-2,5-6,15H,3-4,7-14H2. The van der Waals surface area contributed by atoms with Crippen molar-refractivity contribution in [2.45, 2.75) is 25.8 Å². The van der Waals surface area contributed by atoms with Crippen LogP contribution in [0.5, 0.6) is 0 Å². The van der Waals surface area contributed by atoms with Crippen molar-refractivity contribution in [2.24, 2.45) is 0 Å². The fourth-order valence-electron chi connectivity index (χ4n) is 3.81. The SMILES string of the molecule is O=C(Cc1csc(CN2CCCC2)n1)N1CCN(c2ccccc2F)CC1. The first-order chi connectivity index (χ1) is 13.2. The monoisotopic (exact) mass is 388 g/mol. The van der Waals surface area contributed by atoms with E-state index in [1.165, 1.54) is 18.9 Å². The number of thiazole rings is 1. The molecule has 0 atom stereocenters. The van der Waals surface area contributed by atoms with Gasteiger partial charge < -0.3 is 9.80 Å². The molecule has 0 spiro atoms. The zero-order valence-corrected chi connectivity index (χ0v) is 16.3. The van der Waals surface area contributed by atoms with Crippen molar-refractivity contribution in [2.75, 3.05) is 44.2 Å². The molecule has 2 aliphatic rings. The molecule has 0 N–H and O–H groups in total. The first-order valence-electron chi connectivity index (χ1n) is 9.62. The molecule has 144 valence electrons. The van der Waals surface area contributed by atoms with Crippen LogP contribution in [0.3, 0.4) is 0 Å². The maximum absolute atomic E-state index is 13.9. The molecule has 1 amide bonds. The predicted octanol–water partition coefficient (Wildman–Crippen LogP) is 2.77. The smallest absolute Gasteiger partial charge is 0.228 e. The Kier molecular flexibility index (Phi) is 5.69. The minimum absolute atomic E-state index is 0.112. The summed E-state index contributed by atoms with van der Waals surface area (Å²) in [7, 11) is 0. The number of carbonyl (C=O) groups excluding carboxylic acids is 1. The number of para-hydroxylation sites is 1. The van der Waals surface area contributed by atoms with Gasteiger partial charge in [0, 0.05) is 31.6 Å². The van der Waals surface area contributed by atoms with Gasteiger partial charge in [0.25, 0.3) is 0 Å². The number of hydrogen-bond donors (Lipinski definition) is 0. The van der Waals surface area contributed by atoms with E-state index in [1.54, 1.807) is 23.5 Å². The third-order valence-corrected chi connectivity index (χ3v) is 6.20. The van der Waals surface area contributed by atoms with Gasteiger partial charge in [-0.1, -0.05) is 12.1 Å². The average molecular weight is 389 g/mol. The number of aromatic nitrogens is 1. The summed E-state index contributed by atoms with van der Waals surface area (Å²) in [6.45, 7) is 5.77. The number of hydrogen-bond acceptors (Lipinski definition) is 5. The van der Waals surface area contributed by atoms with Gasteiger partial charge in [-0.2, -0.15) is 0 Å². The van der Waals surface area contributed by atoms with Crippen molar-refractivity contribution in [3.63, 3.8) is 0 Å². The maximum atomic E-state index is 13.9. The Morgan fingerprint density at radius 3 is 2.56 bits per heavy atom. The van der Waals surface area contributed by atoms with Crippen LogP contribution in [0.15, 0.2) is 29.6 Å². The quantitative estimate of drug-likeness (QED) is 0.790. The van der Waals surface area contributed by atoms with Gasteiger partial charge in [0.05, 0.1) is 24.3 Å². The van der Waals surface area contributed by atoms with Gasteiger partial charge in [0.1, 0.15) is 10.8 Å². The van der Waals surface area contributed by atoms with E-state index in [4.69, 9.17) is 0 Å². The molecule has 0 saturated carbocycles. The second-order valence-corrected chi connectivity index (χ2v) is 8.15. The van der Waals surface area contributed by atoms with Crippen LogP contribution in [0.4, 0.5) is 10.1 Å². The molecule has 3 heterocycles. The van der Waals surface area contributed by atoms with Crippen LogP contribution in [0, 0.1) is 5.82 Å². The van der Waals surface area contributed by atoms with Crippen LogP contribution < -0.4 is 4.90 Å². The van der Waals surface area contributed by atoms with Crippen LogP contribution in [0.25, 0.3) is 0 Å². The fourth-order valence-corrected chi connectivity index (χ4v) is 4.64. The van der Waals surface area contributed by atoms with Crippen molar-refractivity contribution in [3.8, 4) is 0 Å². The maximum Gasteiger partial charge on any atom is 0.228 e. The number of nitrogens with zero attached hydrogens (tertiary/aromatic N) is 4. The Hall–Kier alpha value is -1.99. The summed E-state index contributed by atoms with van der Waals surface area (Å²) in [4.78, 5) is 23.6. The van der Waals surface area contributed by atoms with E-state index in [9.17, 15) is 9.18 Å². The molecular formula is C20H25FN4OS. The Morgan fingerprint density at radius 1 is 1.07 bits per heavy atom. The number of likely N-dealkylation sites (tertiary alicyclic amines) is 1. The Bertz CT molecular complexity index is 782. The molecule has 1 aromatic heterocycles. The third-order valence-electron chi connectivity index (χ3n) is 5.31. The zero-order valence-electron chi connectivity index (χ0n) is 15.4. The zero-order chi connectivity index (χ0) is 18.6. The topological polar surface area (TPSA) is 39.7 Å². The lowest BCUT2D eigenvalue weighted by atomic mass is 10.2. The van der Waals surface area contributed by atoms with E-state index < -0.39 is 0 Å². The number of anilines is 1. The third kappa shape index (κ3) is 4.47. The molecule has 0 bridgehead atoms. The van der Waals surface area contributed by atoms with Gasteiger partial charge >= 0.3 is 0 Å². The van der Waals surface area contributed by atoms with Crippen molar-refractivity contribution in [3.05, 3.63) is 46.2 Å². The summed E-state index contributed by atoms with van der Waals surface area (Å²) >= 11 is 1.65. The second kappa shape index (κ2) is 8.35. The van der Waals surface area contributed by atoms with Crippen molar-refractivity contribution < 1.29 is 9.18 Å². The van der Waals surface area contributed by atoms with Gasteiger partial charge in [0.15, 0.2) is 0 Å². The molecule has 0 aliphatic carbocycles. The minimum Gasteiger partial charge on any atom is -0.366 e. The molecule has 0 unspecified atom stereocenters. The number of amides is 1. The average Bonchev–Trinajstić information content (AvgIpc) is 3.35. The highest BCUT2D eigenvalue weighted by molar-refractivity contribution is 7.09. The minimum atomic E-state index is -0.203. The number of rotatable bonds is 5. The molecule has 2 aromatic rings. The van der Waals surface area contributed by atoms with Crippen LogP contribution in [0.2, 0.25) is 0 Å². The number of carbonyl (C=O) groups is 1. The summed E-state index contributed by atoms with van der Waals surface area (Å²) < 4.78 is 13.9. The highest BCUT2D eigenvalue weighted by atomic mass is 32.1. The van der Waals surface area contributed by atoms with Crippen LogP contribution in [-0.4, -0.2) is 60.0 Å². The van der Waals surface area contributed by atoms with Gasteiger partial charge in [-0.15, -0.1) is 11.3 Å². The predicted molar refractivity (Wildman–Crippen MR) is 106 cm³/mol. The van der Waals surface area contributed by atoms with Crippen molar-refractivity contribution in [1.82, 2.24) is 14.8 Å². The second-order valence-electron chi connectivity index (χ2n) is 7.21. The van der Waals surface area contributed by atoms with Crippen molar-refractivity contribution >= 4 is 22.9 Å². The van der Waals surface area contributed by atoms with Crippen LogP contribution in [0.1, 0.15) is 23.5 Å². The normalized spacial score (nSPS) is 18.3. The largest absolute Gasteiger partial charge is 0.366 e. The molecule has 5 nitrogen and oxygen atoms in total. The molecule has 4 rings (SSSR count). The van der Waals surface area contributed by atoms with Gasteiger partial charge in [-0.05, 0) is 38.1 Å². The van der Waals surface area contributed by atoms with E-state index in [0.29, 0.717) is 38.3 Å². The van der Waals surface area contributed by atoms with E-state index in [0.717, 1.165) is 30.3 Å². The first kappa shape index (κ1) is 18.4. The van der Waals surface area contributed by atoms with E-state index in [2.05, 4.69) is 9.88 Å². The molecular weight excluding hydrogens is 363 g/mol. The Labute approximate surface area is 163 Å².